The van der Waals surface area contributed by atoms with Crippen LogP contribution in [0.1, 0.15) is 39.0 Å². The van der Waals surface area contributed by atoms with Gasteiger partial charge in [-0.2, -0.15) is 0 Å². The van der Waals surface area contributed by atoms with Crippen LogP contribution in [0.25, 0.3) is 0 Å². The van der Waals surface area contributed by atoms with Crippen molar-refractivity contribution >= 4 is 0 Å². The highest BCUT2D eigenvalue weighted by atomic mass is 15.0. The maximum Gasteiger partial charge on any atom is 0.0145 e. The normalized spacial score (nSPS) is 36.9. The molecule has 2 nitrogen and oxygen atoms in total. The molecule has 0 saturated heterocycles. The predicted octanol–water partition coefficient (Wildman–Crippen LogP) is 2.92. The Bertz CT molecular complexity index is 335. The fourth-order valence-corrected chi connectivity index (χ4v) is 2.97. The van der Waals surface area contributed by atoms with Crippen LogP contribution in [0.4, 0.5) is 0 Å². The van der Waals surface area contributed by atoms with E-state index >= 15 is 0 Å². The number of nitrogens with one attached hydrogen (secondary N) is 1. The lowest BCUT2D eigenvalue weighted by Gasteiger charge is -2.27. The van der Waals surface area contributed by atoms with Gasteiger partial charge in [-0.15, -0.1) is 0 Å². The van der Waals surface area contributed by atoms with E-state index in [1.54, 1.807) is 0 Å². The van der Waals surface area contributed by atoms with E-state index in [4.69, 9.17) is 5.73 Å². The third-order valence-electron chi connectivity index (χ3n) is 4.11. The summed E-state index contributed by atoms with van der Waals surface area (Å²) in [5.41, 5.74) is 7.36. The van der Waals surface area contributed by atoms with E-state index < -0.39 is 0 Å². The molecule has 18 heavy (non-hydrogen) atoms. The Kier molecular flexibility index (Phi) is 4.79. The van der Waals surface area contributed by atoms with E-state index in [0.717, 1.165) is 0 Å². The van der Waals surface area contributed by atoms with E-state index in [-0.39, 0.29) is 0 Å². The second-order valence-electron chi connectivity index (χ2n) is 5.63. The molecule has 0 aromatic rings. The molecule has 2 atom stereocenters. The molecule has 0 bridgehead atoms. The monoisotopic (exact) mass is 246 g/mol. The third kappa shape index (κ3) is 3.56. The molecule has 0 aromatic carbocycles. The minimum Gasteiger partial charge on any atom is -0.328 e. The first-order valence-corrected chi connectivity index (χ1v) is 7.21. The largest absolute Gasteiger partial charge is 0.328 e. The van der Waals surface area contributed by atoms with Crippen LogP contribution in [0.15, 0.2) is 36.5 Å². The van der Waals surface area contributed by atoms with E-state index in [2.05, 4.69) is 37.0 Å². The molecular weight excluding hydrogens is 220 g/mol. The average Bonchev–Trinajstić information content (AvgIpc) is 3.11. The van der Waals surface area contributed by atoms with Gasteiger partial charge in [-0.1, -0.05) is 30.9 Å². The van der Waals surface area contributed by atoms with Crippen molar-refractivity contribution in [2.75, 3.05) is 0 Å². The molecule has 2 fully saturated rings. The predicted molar refractivity (Wildman–Crippen MR) is 78.4 cm³/mol. The number of hydrogen-bond acceptors (Lipinski definition) is 2. The smallest absolute Gasteiger partial charge is 0.0145 e. The molecule has 2 rings (SSSR count). The molecule has 0 radical (unpaired) electrons. The molecule has 2 heteroatoms. The first-order chi connectivity index (χ1) is 8.74. The van der Waals surface area contributed by atoms with Gasteiger partial charge in [-0.3, -0.25) is 0 Å². The lowest BCUT2D eigenvalue weighted by molar-refractivity contribution is 0.338. The Morgan fingerprint density at radius 3 is 2.61 bits per heavy atom. The summed E-state index contributed by atoms with van der Waals surface area (Å²) in [7, 11) is 0. The molecule has 0 aromatic heterocycles. The van der Waals surface area contributed by atoms with Gasteiger partial charge < -0.3 is 11.1 Å². The Balaban J connectivity index is 1.80. The number of nitrogens with two attached hydrogens (primary N) is 1. The molecule has 0 aliphatic heterocycles. The van der Waals surface area contributed by atoms with Gasteiger partial charge in [0.15, 0.2) is 0 Å². The van der Waals surface area contributed by atoms with E-state index in [1.807, 2.05) is 6.08 Å². The second-order valence-corrected chi connectivity index (χ2v) is 5.63. The van der Waals surface area contributed by atoms with E-state index in [1.165, 1.54) is 37.7 Å². The zero-order valence-electron chi connectivity index (χ0n) is 11.4. The van der Waals surface area contributed by atoms with Gasteiger partial charge in [0.2, 0.25) is 0 Å². The zero-order chi connectivity index (χ0) is 13.0. The van der Waals surface area contributed by atoms with Gasteiger partial charge in [0.05, 0.1) is 0 Å². The highest BCUT2D eigenvalue weighted by Crippen LogP contribution is 2.39. The number of hydrogen-bond donors (Lipinski definition) is 2. The minimum atomic E-state index is 0.442. The van der Waals surface area contributed by atoms with E-state index in [9.17, 15) is 0 Å². The fraction of sp³-hybridized carbons (Fsp3) is 0.625. The highest BCUT2D eigenvalue weighted by molar-refractivity contribution is 5.31. The summed E-state index contributed by atoms with van der Waals surface area (Å²) in [6.07, 6.45) is 14.5. The van der Waals surface area contributed by atoms with Crippen LogP contribution in [0, 0.1) is 5.92 Å². The molecule has 0 heterocycles. The van der Waals surface area contributed by atoms with Gasteiger partial charge in [0.25, 0.3) is 0 Å². The van der Waals surface area contributed by atoms with Gasteiger partial charge in [-0.25, -0.2) is 0 Å². The first kappa shape index (κ1) is 13.6. The topological polar surface area (TPSA) is 38.0 Å². The summed E-state index contributed by atoms with van der Waals surface area (Å²) in [6.45, 7) is 5.87. The Hall–Kier alpha value is -0.860. The Labute approximate surface area is 111 Å². The second kappa shape index (κ2) is 6.35. The SMILES string of the molecule is C=C/C=C(\C=C/C)[C@@H]1CC1NC1CCC(N)CC1. The lowest BCUT2D eigenvalue weighted by Crippen LogP contribution is -2.38. The Morgan fingerprint density at radius 1 is 1.28 bits per heavy atom. The molecule has 1 unspecified atom stereocenters. The summed E-state index contributed by atoms with van der Waals surface area (Å²) >= 11 is 0. The van der Waals surface area contributed by atoms with E-state index in [0.29, 0.717) is 24.0 Å². The van der Waals surface area contributed by atoms with Crippen LogP contribution in [0.2, 0.25) is 0 Å². The summed E-state index contributed by atoms with van der Waals surface area (Å²) in [5, 5.41) is 3.80. The van der Waals surface area contributed by atoms with Gasteiger partial charge in [0.1, 0.15) is 0 Å². The van der Waals surface area contributed by atoms with Gasteiger partial charge in [-0.05, 0) is 44.6 Å². The highest BCUT2D eigenvalue weighted by Gasteiger charge is 2.40. The maximum atomic E-state index is 5.94. The first-order valence-electron chi connectivity index (χ1n) is 7.21. The minimum absolute atomic E-state index is 0.442. The van der Waals surface area contributed by atoms with Crippen LogP contribution in [-0.2, 0) is 0 Å². The quantitative estimate of drug-likeness (QED) is 0.732. The molecule has 2 saturated carbocycles. The van der Waals surface area contributed by atoms with Crippen molar-refractivity contribution in [1.29, 1.82) is 0 Å². The molecular formula is C16H26N2. The van der Waals surface area contributed by atoms with Crippen molar-refractivity contribution in [3.05, 3.63) is 36.5 Å². The van der Waals surface area contributed by atoms with Crippen molar-refractivity contribution in [3.8, 4) is 0 Å². The Morgan fingerprint density at radius 2 is 2.00 bits per heavy atom. The standard InChI is InChI=1S/C16H26N2/c1-3-5-12(6-4-2)15-11-16(15)18-14-9-7-13(17)8-10-14/h3-6,13-16,18H,1,7-11,17H2,2H3/b6-4-,12-5+/t13?,14?,15-,16?/m0/s1. The lowest BCUT2D eigenvalue weighted by atomic mass is 9.92. The van der Waals surface area contributed by atoms with Crippen LogP contribution < -0.4 is 11.1 Å². The molecule has 2 aliphatic rings. The van der Waals surface area contributed by atoms with Crippen molar-refractivity contribution < 1.29 is 0 Å². The molecule has 2 aliphatic carbocycles. The molecule has 0 amide bonds. The maximum absolute atomic E-state index is 5.94. The summed E-state index contributed by atoms with van der Waals surface area (Å²) in [5.74, 6) is 0.690. The van der Waals surface area contributed by atoms with Gasteiger partial charge in [0, 0.05) is 24.0 Å². The molecule has 100 valence electrons. The van der Waals surface area contributed by atoms with Crippen LogP contribution >= 0.6 is 0 Å². The van der Waals surface area contributed by atoms with Crippen molar-refractivity contribution in [2.45, 2.75) is 57.2 Å². The van der Waals surface area contributed by atoms with Crippen molar-refractivity contribution in [1.82, 2.24) is 5.32 Å². The van der Waals surface area contributed by atoms with Crippen LogP contribution in [0.3, 0.4) is 0 Å². The average molecular weight is 246 g/mol. The van der Waals surface area contributed by atoms with Crippen molar-refractivity contribution in [2.24, 2.45) is 11.7 Å². The van der Waals surface area contributed by atoms with Crippen LogP contribution in [-0.4, -0.2) is 18.1 Å². The van der Waals surface area contributed by atoms with Crippen molar-refractivity contribution in [3.63, 3.8) is 0 Å². The summed E-state index contributed by atoms with van der Waals surface area (Å²) in [6, 6.07) is 1.81. The molecule has 0 spiro atoms. The van der Waals surface area contributed by atoms with Gasteiger partial charge >= 0.3 is 0 Å². The van der Waals surface area contributed by atoms with Crippen LogP contribution in [0.5, 0.6) is 0 Å². The number of rotatable bonds is 5. The zero-order valence-corrected chi connectivity index (χ0v) is 11.4. The summed E-state index contributed by atoms with van der Waals surface area (Å²) in [4.78, 5) is 0. The third-order valence-corrected chi connectivity index (χ3v) is 4.11. The molecule has 3 N–H and O–H groups in total. The summed E-state index contributed by atoms with van der Waals surface area (Å²) < 4.78 is 0. The fourth-order valence-electron chi connectivity index (χ4n) is 2.97. The number of allylic oxidation sites excluding steroid dienone is 4.